The number of hydrogen-bond donors (Lipinski definition) is 1. The lowest BCUT2D eigenvalue weighted by Crippen LogP contribution is -2.47. The number of nitrogens with zero attached hydrogens (tertiary/aromatic N) is 3. The summed E-state index contributed by atoms with van der Waals surface area (Å²) in [6.45, 7) is 6.56. The average Bonchev–Trinajstić information content (AvgIpc) is 3.12. The van der Waals surface area contributed by atoms with Gasteiger partial charge in [0.15, 0.2) is 5.79 Å². The Kier molecular flexibility index (Phi) is 4.80. The third-order valence-corrected chi connectivity index (χ3v) is 5.16. The van der Waals surface area contributed by atoms with E-state index in [2.05, 4.69) is 28.3 Å². The summed E-state index contributed by atoms with van der Waals surface area (Å²) in [5.41, 5.74) is 3.68. The number of carbonyl (C=O) groups excluding carboxylic acids is 1. The average molecular weight is 368 g/mol. The number of hydrogen-bond acceptors (Lipinski definition) is 6. The Morgan fingerprint density at radius 2 is 1.85 bits per heavy atom. The fourth-order valence-electron chi connectivity index (χ4n) is 3.63. The number of nitrogens with one attached hydrogen (secondary N) is 1. The molecule has 27 heavy (non-hydrogen) atoms. The van der Waals surface area contributed by atoms with Gasteiger partial charge in [0.25, 0.3) is 5.91 Å². The molecule has 7 nitrogen and oxygen atoms in total. The van der Waals surface area contributed by atoms with Crippen LogP contribution < -0.4 is 5.32 Å². The fourth-order valence-corrected chi connectivity index (χ4v) is 3.63. The normalized spacial score (nSPS) is 18.7. The van der Waals surface area contributed by atoms with E-state index in [-0.39, 0.29) is 5.91 Å². The van der Waals surface area contributed by atoms with Crippen molar-refractivity contribution in [2.24, 2.45) is 0 Å². The maximum Gasteiger partial charge on any atom is 0.272 e. The molecule has 2 saturated heterocycles. The van der Waals surface area contributed by atoms with Crippen LogP contribution in [0, 0.1) is 13.8 Å². The van der Waals surface area contributed by atoms with Crippen molar-refractivity contribution in [1.82, 2.24) is 14.9 Å². The maximum absolute atomic E-state index is 12.8. The van der Waals surface area contributed by atoms with Gasteiger partial charge in [-0.2, -0.15) is 0 Å². The Balaban J connectivity index is 1.45. The number of piperidine rings is 1. The smallest absolute Gasteiger partial charge is 0.272 e. The van der Waals surface area contributed by atoms with Crippen molar-refractivity contribution in [3.8, 4) is 0 Å². The molecule has 142 valence electrons. The number of anilines is 2. The van der Waals surface area contributed by atoms with Crippen molar-refractivity contribution in [1.29, 1.82) is 0 Å². The molecule has 2 aliphatic heterocycles. The van der Waals surface area contributed by atoms with Gasteiger partial charge in [-0.05, 0) is 25.5 Å². The number of aryl methyl sites for hydroxylation is 2. The second-order valence-electron chi connectivity index (χ2n) is 7.13. The number of rotatable bonds is 3. The van der Waals surface area contributed by atoms with Gasteiger partial charge in [-0.3, -0.25) is 4.79 Å². The molecule has 1 N–H and O–H groups in total. The van der Waals surface area contributed by atoms with E-state index in [4.69, 9.17) is 9.47 Å². The summed E-state index contributed by atoms with van der Waals surface area (Å²) < 4.78 is 11.4. The molecule has 0 saturated carbocycles. The predicted octanol–water partition coefficient (Wildman–Crippen LogP) is 2.82. The van der Waals surface area contributed by atoms with Crippen molar-refractivity contribution in [3.05, 3.63) is 47.4 Å². The number of ether oxygens (including phenoxy) is 2. The Bertz CT molecular complexity index is 839. The summed E-state index contributed by atoms with van der Waals surface area (Å²) in [6, 6.07) is 7.86. The SMILES string of the molecule is Cc1ccc(Nc2cc(C(=O)N3CCC4(CC3)OCCO4)ncn2)c(C)c1. The lowest BCUT2D eigenvalue weighted by Gasteiger charge is -2.37. The lowest BCUT2D eigenvalue weighted by atomic mass is 10.0. The summed E-state index contributed by atoms with van der Waals surface area (Å²) in [5, 5.41) is 3.28. The van der Waals surface area contributed by atoms with Crippen LogP contribution in [0.3, 0.4) is 0 Å². The first-order valence-electron chi connectivity index (χ1n) is 9.28. The van der Waals surface area contributed by atoms with E-state index in [0.29, 0.717) is 50.7 Å². The Hall–Kier alpha value is -2.51. The van der Waals surface area contributed by atoms with E-state index in [1.165, 1.54) is 11.9 Å². The van der Waals surface area contributed by atoms with Crippen molar-refractivity contribution in [2.75, 3.05) is 31.6 Å². The summed E-state index contributed by atoms with van der Waals surface area (Å²) in [5.74, 6) is 0.0307. The molecular weight excluding hydrogens is 344 g/mol. The zero-order valence-corrected chi connectivity index (χ0v) is 15.7. The Morgan fingerprint density at radius 3 is 2.56 bits per heavy atom. The van der Waals surface area contributed by atoms with Crippen molar-refractivity contribution in [2.45, 2.75) is 32.5 Å². The molecule has 1 spiro atoms. The molecule has 1 aromatic heterocycles. The Morgan fingerprint density at radius 1 is 1.11 bits per heavy atom. The quantitative estimate of drug-likeness (QED) is 0.898. The van der Waals surface area contributed by atoms with Crippen molar-refractivity contribution in [3.63, 3.8) is 0 Å². The highest BCUT2D eigenvalue weighted by Crippen LogP contribution is 2.31. The molecule has 0 unspecified atom stereocenters. The molecule has 0 atom stereocenters. The van der Waals surface area contributed by atoms with Gasteiger partial charge >= 0.3 is 0 Å². The molecule has 4 rings (SSSR count). The first-order chi connectivity index (χ1) is 13.0. The van der Waals surface area contributed by atoms with Crippen LogP contribution in [-0.4, -0.2) is 52.9 Å². The van der Waals surface area contributed by atoms with Crippen LogP contribution >= 0.6 is 0 Å². The molecule has 1 aromatic carbocycles. The second-order valence-corrected chi connectivity index (χ2v) is 7.13. The van der Waals surface area contributed by atoms with Gasteiger partial charge in [0.05, 0.1) is 13.2 Å². The van der Waals surface area contributed by atoms with Gasteiger partial charge in [0, 0.05) is 37.7 Å². The molecule has 0 aliphatic carbocycles. The number of benzene rings is 1. The standard InChI is InChI=1S/C20H24N4O3/c1-14-3-4-16(15(2)11-14)23-18-12-17(21-13-22-18)19(25)24-7-5-20(6-8-24)26-9-10-27-20/h3-4,11-13H,5-10H2,1-2H3,(H,21,22,23). The fraction of sp³-hybridized carbons (Fsp3) is 0.450. The van der Waals surface area contributed by atoms with Crippen LogP contribution in [0.4, 0.5) is 11.5 Å². The summed E-state index contributed by atoms with van der Waals surface area (Å²) in [4.78, 5) is 23.1. The first kappa shape index (κ1) is 17.9. The zero-order chi connectivity index (χ0) is 18.9. The molecule has 7 heteroatoms. The molecule has 0 radical (unpaired) electrons. The van der Waals surface area contributed by atoms with Gasteiger partial charge in [-0.25, -0.2) is 9.97 Å². The molecule has 3 heterocycles. The minimum absolute atomic E-state index is 0.0890. The molecule has 1 amide bonds. The topological polar surface area (TPSA) is 76.6 Å². The summed E-state index contributed by atoms with van der Waals surface area (Å²) >= 11 is 0. The monoisotopic (exact) mass is 368 g/mol. The largest absolute Gasteiger partial charge is 0.347 e. The highest BCUT2D eigenvalue weighted by Gasteiger charge is 2.41. The highest BCUT2D eigenvalue weighted by molar-refractivity contribution is 5.93. The number of amides is 1. The van der Waals surface area contributed by atoms with Gasteiger partial charge in [-0.15, -0.1) is 0 Å². The predicted molar refractivity (Wildman–Crippen MR) is 101 cm³/mol. The molecule has 2 aliphatic rings. The van der Waals surface area contributed by atoms with Crippen LogP contribution in [-0.2, 0) is 9.47 Å². The molecule has 0 bridgehead atoms. The third kappa shape index (κ3) is 3.79. The summed E-state index contributed by atoms with van der Waals surface area (Å²) in [6.07, 6.45) is 2.81. The molecule has 2 fully saturated rings. The van der Waals surface area contributed by atoms with Gasteiger partial charge < -0.3 is 19.7 Å². The lowest BCUT2D eigenvalue weighted by molar-refractivity contribution is -0.181. The third-order valence-electron chi connectivity index (χ3n) is 5.16. The van der Waals surface area contributed by atoms with E-state index in [1.54, 1.807) is 11.0 Å². The van der Waals surface area contributed by atoms with E-state index in [0.717, 1.165) is 11.3 Å². The van der Waals surface area contributed by atoms with Gasteiger partial charge in [-0.1, -0.05) is 17.7 Å². The van der Waals surface area contributed by atoms with E-state index in [1.807, 2.05) is 19.1 Å². The van der Waals surface area contributed by atoms with E-state index >= 15 is 0 Å². The minimum atomic E-state index is -0.488. The van der Waals surface area contributed by atoms with Gasteiger partial charge in [0.2, 0.25) is 0 Å². The number of carbonyl (C=O) groups is 1. The number of aromatic nitrogens is 2. The van der Waals surface area contributed by atoms with Crippen LogP contribution in [0.1, 0.15) is 34.5 Å². The maximum atomic E-state index is 12.8. The minimum Gasteiger partial charge on any atom is -0.347 e. The highest BCUT2D eigenvalue weighted by atomic mass is 16.7. The number of likely N-dealkylation sites (tertiary alicyclic amines) is 1. The molecular formula is C20H24N4O3. The van der Waals surface area contributed by atoms with E-state index in [9.17, 15) is 4.79 Å². The van der Waals surface area contributed by atoms with Crippen LogP contribution in [0.15, 0.2) is 30.6 Å². The summed E-state index contributed by atoms with van der Waals surface area (Å²) in [7, 11) is 0. The van der Waals surface area contributed by atoms with Crippen LogP contribution in [0.25, 0.3) is 0 Å². The first-order valence-corrected chi connectivity index (χ1v) is 9.28. The van der Waals surface area contributed by atoms with Crippen LogP contribution in [0.2, 0.25) is 0 Å². The zero-order valence-electron chi connectivity index (χ0n) is 15.7. The Labute approximate surface area is 158 Å². The van der Waals surface area contributed by atoms with Crippen molar-refractivity contribution >= 4 is 17.4 Å². The molecule has 2 aromatic rings. The van der Waals surface area contributed by atoms with Gasteiger partial charge in [0.1, 0.15) is 17.8 Å². The second kappa shape index (κ2) is 7.25. The van der Waals surface area contributed by atoms with E-state index < -0.39 is 5.79 Å². The van der Waals surface area contributed by atoms with Crippen molar-refractivity contribution < 1.29 is 14.3 Å². The van der Waals surface area contributed by atoms with Crippen LogP contribution in [0.5, 0.6) is 0 Å².